The lowest BCUT2D eigenvalue weighted by molar-refractivity contribution is -0.114. The van der Waals surface area contributed by atoms with Crippen LogP contribution in [0.3, 0.4) is 0 Å². The molecule has 2 aromatic rings. The zero-order valence-electron chi connectivity index (χ0n) is 18.9. The lowest BCUT2D eigenvalue weighted by atomic mass is 10.2. The van der Waals surface area contributed by atoms with Gasteiger partial charge in [0.15, 0.2) is 0 Å². The summed E-state index contributed by atoms with van der Waals surface area (Å²) in [5.41, 5.74) is 1.45. The van der Waals surface area contributed by atoms with Crippen LogP contribution in [0, 0.1) is 6.92 Å². The predicted octanol–water partition coefficient (Wildman–Crippen LogP) is 2.58. The topological polar surface area (TPSA) is 113 Å². The Labute approximate surface area is 195 Å². The highest BCUT2D eigenvalue weighted by Gasteiger charge is 2.29. The Morgan fingerprint density at radius 3 is 2.36 bits per heavy atom. The predicted molar refractivity (Wildman–Crippen MR) is 128 cm³/mol. The minimum Gasteiger partial charge on any atom is -0.495 e. The van der Waals surface area contributed by atoms with Crippen molar-refractivity contribution in [3.8, 4) is 5.75 Å². The van der Waals surface area contributed by atoms with Crippen molar-refractivity contribution in [3.05, 3.63) is 48.0 Å². The highest BCUT2D eigenvalue weighted by molar-refractivity contribution is 7.92. The molecule has 1 heterocycles. The number of nitrogens with zero attached hydrogens (tertiary/aromatic N) is 2. The average Bonchev–Trinajstić information content (AvgIpc) is 2.77. The molecule has 1 fully saturated rings. The summed E-state index contributed by atoms with van der Waals surface area (Å²) in [4.78, 5) is 12.7. The van der Waals surface area contributed by atoms with Gasteiger partial charge in [0.05, 0.1) is 19.1 Å². The second kappa shape index (κ2) is 10.1. The van der Waals surface area contributed by atoms with Crippen molar-refractivity contribution in [2.75, 3.05) is 42.6 Å². The zero-order chi connectivity index (χ0) is 24.2. The number of ether oxygens (including phenoxy) is 1. The summed E-state index contributed by atoms with van der Waals surface area (Å²) in [5.74, 6) is -0.426. The first-order valence-electron chi connectivity index (χ1n) is 10.5. The van der Waals surface area contributed by atoms with Crippen LogP contribution >= 0.6 is 0 Å². The third-order valence-corrected chi connectivity index (χ3v) is 8.42. The molecular formula is C22H29N3O6S2. The summed E-state index contributed by atoms with van der Waals surface area (Å²) in [7, 11) is -6.15. The molecule has 0 atom stereocenters. The largest absolute Gasteiger partial charge is 0.495 e. The van der Waals surface area contributed by atoms with Gasteiger partial charge in [-0.3, -0.25) is 9.10 Å². The summed E-state index contributed by atoms with van der Waals surface area (Å²) < 4.78 is 58.7. The Hall–Kier alpha value is -2.63. The number of rotatable bonds is 8. The SMILES string of the molecule is COc1ccc(NC(=O)CN(c2cccc(C)c2)S(C)(=O)=O)cc1S(=O)(=O)N1CCCCC1. The van der Waals surface area contributed by atoms with Crippen LogP contribution in [0.5, 0.6) is 5.75 Å². The van der Waals surface area contributed by atoms with Gasteiger partial charge in [0.2, 0.25) is 26.0 Å². The van der Waals surface area contributed by atoms with Crippen molar-refractivity contribution in [2.24, 2.45) is 0 Å². The standard InChI is InChI=1S/C22H29N3O6S2/c1-17-8-7-9-19(14-17)25(32(3,27)28)16-22(26)23-18-10-11-20(31-2)21(15-18)33(29,30)24-12-5-4-6-13-24/h7-11,14-15H,4-6,12-13,16H2,1-3H3,(H,23,26). The second-order valence-electron chi connectivity index (χ2n) is 7.99. The maximum Gasteiger partial charge on any atom is 0.246 e. The molecule has 1 N–H and O–H groups in total. The van der Waals surface area contributed by atoms with E-state index in [9.17, 15) is 21.6 Å². The third kappa shape index (κ3) is 6.04. The van der Waals surface area contributed by atoms with Crippen LogP contribution in [0.25, 0.3) is 0 Å². The number of sulfonamides is 2. The quantitative estimate of drug-likeness (QED) is 0.602. The molecule has 0 radical (unpaired) electrons. The van der Waals surface area contributed by atoms with Crippen LogP contribution in [0.15, 0.2) is 47.4 Å². The van der Waals surface area contributed by atoms with Crippen LogP contribution < -0.4 is 14.4 Å². The number of carbonyl (C=O) groups is 1. The molecule has 11 heteroatoms. The number of piperidine rings is 1. The van der Waals surface area contributed by atoms with Crippen LogP contribution in [0.4, 0.5) is 11.4 Å². The van der Waals surface area contributed by atoms with E-state index in [0.29, 0.717) is 18.8 Å². The number of aryl methyl sites for hydroxylation is 1. The summed E-state index contributed by atoms with van der Waals surface area (Å²) >= 11 is 0. The molecule has 33 heavy (non-hydrogen) atoms. The van der Waals surface area contributed by atoms with E-state index in [1.54, 1.807) is 18.2 Å². The maximum absolute atomic E-state index is 13.2. The van der Waals surface area contributed by atoms with Crippen molar-refractivity contribution < 1.29 is 26.4 Å². The van der Waals surface area contributed by atoms with Crippen molar-refractivity contribution in [2.45, 2.75) is 31.1 Å². The first-order valence-corrected chi connectivity index (χ1v) is 13.8. The van der Waals surface area contributed by atoms with Crippen LogP contribution in [0.2, 0.25) is 0 Å². The fraction of sp³-hybridized carbons (Fsp3) is 0.409. The highest BCUT2D eigenvalue weighted by Crippen LogP contribution is 2.31. The number of hydrogen-bond donors (Lipinski definition) is 1. The molecule has 1 saturated heterocycles. The first kappa shape index (κ1) is 25.0. The van der Waals surface area contributed by atoms with Gasteiger partial charge < -0.3 is 10.1 Å². The zero-order valence-corrected chi connectivity index (χ0v) is 20.6. The van der Waals surface area contributed by atoms with Crippen LogP contribution in [0.1, 0.15) is 24.8 Å². The molecule has 0 spiro atoms. The average molecular weight is 496 g/mol. The number of nitrogens with one attached hydrogen (secondary N) is 1. The molecule has 0 unspecified atom stereocenters. The monoisotopic (exact) mass is 495 g/mol. The van der Waals surface area contributed by atoms with E-state index in [0.717, 1.165) is 35.4 Å². The van der Waals surface area contributed by atoms with E-state index in [1.807, 2.05) is 13.0 Å². The van der Waals surface area contributed by atoms with Crippen LogP contribution in [-0.2, 0) is 24.8 Å². The van der Waals surface area contributed by atoms with Gasteiger partial charge >= 0.3 is 0 Å². The molecule has 9 nitrogen and oxygen atoms in total. The van der Waals surface area contributed by atoms with E-state index in [2.05, 4.69) is 5.32 Å². The number of carbonyl (C=O) groups excluding carboxylic acids is 1. The van der Waals surface area contributed by atoms with Gasteiger partial charge in [-0.2, -0.15) is 4.31 Å². The molecule has 1 aliphatic rings. The molecule has 2 aromatic carbocycles. The number of amides is 1. The van der Waals surface area contributed by atoms with Crippen molar-refractivity contribution >= 4 is 37.3 Å². The van der Waals surface area contributed by atoms with Gasteiger partial charge in [0.1, 0.15) is 17.2 Å². The fourth-order valence-electron chi connectivity index (χ4n) is 3.71. The van der Waals surface area contributed by atoms with Gasteiger partial charge in [-0.05, 0) is 55.7 Å². The molecule has 0 bridgehead atoms. The first-order chi connectivity index (χ1) is 15.5. The van der Waals surface area contributed by atoms with Gasteiger partial charge in [0, 0.05) is 18.8 Å². The Morgan fingerprint density at radius 1 is 1.06 bits per heavy atom. The van der Waals surface area contributed by atoms with Gasteiger partial charge in [-0.25, -0.2) is 16.8 Å². The molecule has 0 aliphatic carbocycles. The smallest absolute Gasteiger partial charge is 0.246 e. The Morgan fingerprint density at radius 2 is 1.76 bits per heavy atom. The summed E-state index contributed by atoms with van der Waals surface area (Å²) in [6.45, 7) is 2.23. The minimum atomic E-state index is -3.81. The Balaban J connectivity index is 1.85. The molecule has 1 aliphatic heterocycles. The molecule has 0 aromatic heterocycles. The minimum absolute atomic E-state index is 0.0386. The maximum atomic E-state index is 13.2. The van der Waals surface area contributed by atoms with Gasteiger partial charge in [0.25, 0.3) is 0 Å². The number of hydrogen-bond acceptors (Lipinski definition) is 6. The van der Waals surface area contributed by atoms with Gasteiger partial charge in [-0.15, -0.1) is 0 Å². The third-order valence-electron chi connectivity index (χ3n) is 5.36. The number of benzene rings is 2. The van der Waals surface area contributed by atoms with E-state index >= 15 is 0 Å². The highest BCUT2D eigenvalue weighted by atomic mass is 32.2. The molecule has 180 valence electrons. The van der Waals surface area contributed by atoms with Crippen molar-refractivity contribution in [3.63, 3.8) is 0 Å². The molecule has 3 rings (SSSR count). The second-order valence-corrected chi connectivity index (χ2v) is 11.8. The van der Waals surface area contributed by atoms with Crippen molar-refractivity contribution in [1.29, 1.82) is 0 Å². The number of anilines is 2. The summed E-state index contributed by atoms with van der Waals surface area (Å²) in [5, 5.41) is 2.61. The normalized spacial score (nSPS) is 15.1. The van der Waals surface area contributed by atoms with Crippen molar-refractivity contribution in [1.82, 2.24) is 4.31 Å². The van der Waals surface area contributed by atoms with Gasteiger partial charge in [-0.1, -0.05) is 18.6 Å². The van der Waals surface area contributed by atoms with E-state index < -0.39 is 32.5 Å². The van der Waals surface area contributed by atoms with Crippen LogP contribution in [-0.4, -0.2) is 60.0 Å². The Bertz CT molecular complexity index is 1220. The van der Waals surface area contributed by atoms with E-state index in [1.165, 1.54) is 29.6 Å². The molecular weight excluding hydrogens is 466 g/mol. The summed E-state index contributed by atoms with van der Waals surface area (Å²) in [6.07, 6.45) is 3.59. The number of methoxy groups -OCH3 is 1. The van der Waals surface area contributed by atoms with E-state index in [4.69, 9.17) is 4.74 Å². The van der Waals surface area contributed by atoms with E-state index in [-0.39, 0.29) is 16.3 Å². The fourth-order valence-corrected chi connectivity index (χ4v) is 6.26. The molecule has 1 amide bonds. The lowest BCUT2D eigenvalue weighted by Crippen LogP contribution is -2.37. The summed E-state index contributed by atoms with van der Waals surface area (Å²) in [6, 6.07) is 11.2. The molecule has 0 saturated carbocycles. The Kier molecular flexibility index (Phi) is 7.65. The lowest BCUT2D eigenvalue weighted by Gasteiger charge is -2.27.